The molecule has 0 saturated carbocycles. The van der Waals surface area contributed by atoms with Crippen molar-refractivity contribution in [1.82, 2.24) is 4.90 Å². The zero-order valence-corrected chi connectivity index (χ0v) is 19.4. The molecule has 31 heavy (non-hydrogen) atoms. The average Bonchev–Trinajstić information content (AvgIpc) is 2.68. The highest BCUT2D eigenvalue weighted by molar-refractivity contribution is 6.31. The van der Waals surface area contributed by atoms with Crippen LogP contribution in [0.5, 0.6) is 0 Å². The number of ether oxygens (including phenoxy) is 1. The predicted molar refractivity (Wildman–Crippen MR) is 121 cm³/mol. The molecule has 2 aromatic carbocycles. The Labute approximate surface area is 188 Å². The quantitative estimate of drug-likeness (QED) is 0.594. The van der Waals surface area contributed by atoms with Crippen LogP contribution in [0.1, 0.15) is 50.8 Å². The molecular formula is C25H31ClF2N2O. The highest BCUT2D eigenvalue weighted by atomic mass is 35.5. The first-order chi connectivity index (χ1) is 14.6. The molecular weight excluding hydrogens is 418 g/mol. The van der Waals surface area contributed by atoms with E-state index in [-0.39, 0.29) is 35.1 Å². The summed E-state index contributed by atoms with van der Waals surface area (Å²) in [4.78, 5) is 2.45. The van der Waals surface area contributed by atoms with Gasteiger partial charge in [-0.05, 0) is 67.1 Å². The van der Waals surface area contributed by atoms with E-state index in [1.807, 2.05) is 19.1 Å². The van der Waals surface area contributed by atoms with E-state index in [1.54, 1.807) is 0 Å². The second kappa shape index (κ2) is 8.02. The molecule has 0 amide bonds. The molecule has 2 N–H and O–H groups in total. The van der Waals surface area contributed by atoms with E-state index in [0.29, 0.717) is 6.54 Å². The SMILES string of the molecule is CC(CN1CCC2(C)c3c(Cl)ccc(N)c3CC1C2(C)C)OCc1c(F)cccc1F. The number of fused-ring (bicyclic) bond motifs is 4. The summed E-state index contributed by atoms with van der Waals surface area (Å²) in [7, 11) is 0. The van der Waals surface area contributed by atoms with E-state index in [4.69, 9.17) is 22.1 Å². The molecule has 3 atom stereocenters. The number of halogens is 3. The molecule has 1 aliphatic carbocycles. The molecule has 2 aliphatic rings. The maximum absolute atomic E-state index is 13.9. The Kier molecular flexibility index (Phi) is 5.82. The van der Waals surface area contributed by atoms with Crippen LogP contribution in [-0.4, -0.2) is 30.1 Å². The number of benzene rings is 2. The summed E-state index contributed by atoms with van der Waals surface area (Å²) in [5.41, 5.74) is 9.42. The fourth-order valence-corrected chi connectivity index (χ4v) is 6.03. The Morgan fingerprint density at radius 3 is 2.55 bits per heavy atom. The van der Waals surface area contributed by atoms with Gasteiger partial charge < -0.3 is 10.5 Å². The molecule has 0 aromatic heterocycles. The van der Waals surface area contributed by atoms with Gasteiger partial charge >= 0.3 is 0 Å². The maximum atomic E-state index is 13.9. The van der Waals surface area contributed by atoms with Gasteiger partial charge in [0.2, 0.25) is 0 Å². The van der Waals surface area contributed by atoms with Crippen LogP contribution < -0.4 is 5.73 Å². The minimum Gasteiger partial charge on any atom is -0.398 e. The normalized spacial score (nSPS) is 25.8. The molecule has 2 bridgehead atoms. The van der Waals surface area contributed by atoms with E-state index in [9.17, 15) is 8.78 Å². The first-order valence-electron chi connectivity index (χ1n) is 10.9. The van der Waals surface area contributed by atoms with E-state index < -0.39 is 11.6 Å². The van der Waals surface area contributed by atoms with Crippen molar-refractivity contribution < 1.29 is 13.5 Å². The highest BCUT2D eigenvalue weighted by Crippen LogP contribution is 2.58. The van der Waals surface area contributed by atoms with E-state index in [1.165, 1.54) is 23.8 Å². The Balaban J connectivity index is 1.54. The second-order valence-electron chi connectivity index (χ2n) is 9.83. The van der Waals surface area contributed by atoms with Gasteiger partial charge in [-0.25, -0.2) is 8.78 Å². The van der Waals surface area contributed by atoms with Crippen molar-refractivity contribution in [2.45, 2.75) is 64.7 Å². The highest BCUT2D eigenvalue weighted by Gasteiger charge is 2.56. The van der Waals surface area contributed by atoms with Crippen LogP contribution in [0, 0.1) is 17.0 Å². The maximum Gasteiger partial charge on any atom is 0.131 e. The number of rotatable bonds is 5. The van der Waals surface area contributed by atoms with Gasteiger partial charge in [-0.3, -0.25) is 4.90 Å². The Morgan fingerprint density at radius 1 is 1.19 bits per heavy atom. The number of piperidine rings is 1. The van der Waals surface area contributed by atoms with Gasteiger partial charge in [-0.1, -0.05) is 38.4 Å². The lowest BCUT2D eigenvalue weighted by Gasteiger charge is -2.61. The van der Waals surface area contributed by atoms with Crippen molar-refractivity contribution >= 4 is 17.3 Å². The molecule has 0 spiro atoms. The van der Waals surface area contributed by atoms with Gasteiger partial charge in [0.25, 0.3) is 0 Å². The number of nitrogen functional groups attached to an aromatic ring is 1. The standard InChI is InChI=1S/C25H31ClF2N2O/c1-15(31-14-17-19(27)6-5-7-20(17)28)13-30-11-10-25(4)23-16(12-22(30)24(25,2)3)21(29)9-8-18(23)26/h5-9,15,22H,10-14,29H2,1-4H3. The first kappa shape index (κ1) is 22.5. The van der Waals surface area contributed by atoms with Crippen molar-refractivity contribution in [2.24, 2.45) is 5.41 Å². The Hall–Kier alpha value is -1.69. The summed E-state index contributed by atoms with van der Waals surface area (Å²) in [6.07, 6.45) is 1.62. The van der Waals surface area contributed by atoms with Crippen LogP contribution in [0.25, 0.3) is 0 Å². The molecule has 1 fully saturated rings. The fourth-order valence-electron chi connectivity index (χ4n) is 5.64. The van der Waals surface area contributed by atoms with Gasteiger partial charge in [0.1, 0.15) is 11.6 Å². The monoisotopic (exact) mass is 448 g/mol. The molecule has 168 valence electrons. The van der Waals surface area contributed by atoms with Crippen LogP contribution in [0.2, 0.25) is 5.02 Å². The van der Waals surface area contributed by atoms with E-state index in [2.05, 4.69) is 25.7 Å². The third-order valence-electron chi connectivity index (χ3n) is 7.91. The minimum atomic E-state index is -0.571. The smallest absolute Gasteiger partial charge is 0.131 e. The second-order valence-corrected chi connectivity index (χ2v) is 10.2. The molecule has 3 unspecified atom stereocenters. The third kappa shape index (κ3) is 3.65. The van der Waals surface area contributed by atoms with Crippen LogP contribution >= 0.6 is 11.6 Å². The van der Waals surface area contributed by atoms with Crippen LogP contribution in [0.4, 0.5) is 14.5 Å². The summed E-state index contributed by atoms with van der Waals surface area (Å²) in [5, 5.41) is 0.801. The largest absolute Gasteiger partial charge is 0.398 e. The van der Waals surface area contributed by atoms with Crippen LogP contribution in [0.15, 0.2) is 30.3 Å². The van der Waals surface area contributed by atoms with Crippen molar-refractivity contribution in [3.05, 3.63) is 63.7 Å². The summed E-state index contributed by atoms with van der Waals surface area (Å²) in [6, 6.07) is 7.98. The van der Waals surface area contributed by atoms with Gasteiger partial charge in [-0.15, -0.1) is 0 Å². The zero-order chi connectivity index (χ0) is 22.6. The summed E-state index contributed by atoms with van der Waals surface area (Å²) >= 11 is 6.67. The lowest BCUT2D eigenvalue weighted by molar-refractivity contribution is -0.0651. The van der Waals surface area contributed by atoms with Crippen molar-refractivity contribution in [1.29, 1.82) is 0 Å². The summed E-state index contributed by atoms with van der Waals surface area (Å²) < 4.78 is 33.7. The molecule has 3 nitrogen and oxygen atoms in total. The van der Waals surface area contributed by atoms with E-state index in [0.717, 1.165) is 35.7 Å². The van der Waals surface area contributed by atoms with Crippen LogP contribution in [-0.2, 0) is 23.2 Å². The number of nitrogens with zero attached hydrogens (tertiary/aromatic N) is 1. The summed E-state index contributed by atoms with van der Waals surface area (Å²) in [5.74, 6) is -1.14. The Morgan fingerprint density at radius 2 is 1.87 bits per heavy atom. The predicted octanol–water partition coefficient (Wildman–Crippen LogP) is 5.72. The van der Waals surface area contributed by atoms with Gasteiger partial charge in [0, 0.05) is 34.3 Å². The molecule has 1 aliphatic heterocycles. The van der Waals surface area contributed by atoms with Crippen molar-refractivity contribution in [2.75, 3.05) is 18.8 Å². The van der Waals surface area contributed by atoms with E-state index >= 15 is 0 Å². The number of hydrogen-bond acceptors (Lipinski definition) is 3. The number of anilines is 1. The van der Waals surface area contributed by atoms with Gasteiger partial charge in [0.05, 0.1) is 12.7 Å². The average molecular weight is 449 g/mol. The fraction of sp³-hybridized carbons (Fsp3) is 0.520. The van der Waals surface area contributed by atoms with Crippen molar-refractivity contribution in [3.8, 4) is 0 Å². The number of likely N-dealkylation sites (tertiary alicyclic amines) is 1. The van der Waals surface area contributed by atoms with Crippen molar-refractivity contribution in [3.63, 3.8) is 0 Å². The van der Waals surface area contributed by atoms with Crippen LogP contribution in [0.3, 0.4) is 0 Å². The third-order valence-corrected chi connectivity index (χ3v) is 8.22. The molecule has 1 saturated heterocycles. The molecule has 1 heterocycles. The number of hydrogen-bond donors (Lipinski definition) is 1. The zero-order valence-electron chi connectivity index (χ0n) is 18.6. The Bertz CT molecular complexity index is 975. The van der Waals surface area contributed by atoms with Gasteiger partial charge in [-0.2, -0.15) is 0 Å². The lowest BCUT2D eigenvalue weighted by Crippen LogP contribution is -2.64. The topological polar surface area (TPSA) is 38.5 Å². The number of nitrogens with two attached hydrogens (primary N) is 1. The summed E-state index contributed by atoms with van der Waals surface area (Å²) in [6.45, 7) is 10.4. The molecule has 6 heteroatoms. The minimum absolute atomic E-state index is 0.0186. The molecule has 4 rings (SSSR count). The van der Waals surface area contributed by atoms with Gasteiger partial charge in [0.15, 0.2) is 0 Å². The molecule has 0 radical (unpaired) electrons. The molecule has 2 aromatic rings. The first-order valence-corrected chi connectivity index (χ1v) is 11.3. The lowest BCUT2D eigenvalue weighted by atomic mass is 9.51.